The Morgan fingerprint density at radius 3 is 2.32 bits per heavy atom. The van der Waals surface area contributed by atoms with Crippen molar-refractivity contribution in [3.05, 3.63) is 0 Å². The van der Waals surface area contributed by atoms with Crippen molar-refractivity contribution in [3.8, 4) is 0 Å². The zero-order valence-corrected chi connectivity index (χ0v) is 17.3. The molecule has 1 rings (SSSR count). The molecule has 2 amide bonds. The van der Waals surface area contributed by atoms with Crippen LogP contribution in [0.2, 0.25) is 0 Å². The van der Waals surface area contributed by atoms with Crippen LogP contribution in [0.15, 0.2) is 0 Å². The fourth-order valence-corrected chi connectivity index (χ4v) is 3.56. The summed E-state index contributed by atoms with van der Waals surface area (Å²) in [4.78, 5) is 27.7. The molecule has 0 radical (unpaired) electrons. The van der Waals surface area contributed by atoms with E-state index < -0.39 is 12.1 Å². The summed E-state index contributed by atoms with van der Waals surface area (Å²) < 4.78 is 0. The summed E-state index contributed by atoms with van der Waals surface area (Å²) >= 11 is 0. The van der Waals surface area contributed by atoms with Gasteiger partial charge in [-0.2, -0.15) is 0 Å². The second kappa shape index (κ2) is 9.02. The monoisotopic (exact) mass is 353 g/mol. The number of nitrogens with two attached hydrogens (primary N) is 1. The Balaban J connectivity index is 2.94. The van der Waals surface area contributed by atoms with E-state index in [1.165, 1.54) is 0 Å². The Kier molecular flexibility index (Phi) is 7.91. The molecule has 5 nitrogen and oxygen atoms in total. The van der Waals surface area contributed by atoms with Crippen molar-refractivity contribution in [1.82, 2.24) is 10.2 Å². The van der Waals surface area contributed by atoms with Gasteiger partial charge in [-0.15, -0.1) is 0 Å². The van der Waals surface area contributed by atoms with Crippen molar-refractivity contribution >= 4 is 11.8 Å². The number of carbonyl (C=O) groups excluding carboxylic acids is 2. The Labute approximate surface area is 154 Å². The maximum Gasteiger partial charge on any atom is 0.243 e. The Bertz CT molecular complexity index is 456. The average Bonchev–Trinajstić information content (AvgIpc) is 2.95. The maximum atomic E-state index is 13.0. The highest BCUT2D eigenvalue weighted by atomic mass is 16.2. The molecular weight excluding hydrogens is 314 g/mol. The highest BCUT2D eigenvalue weighted by Gasteiger charge is 2.45. The van der Waals surface area contributed by atoms with E-state index in [4.69, 9.17) is 5.73 Å². The van der Waals surface area contributed by atoms with Gasteiger partial charge in [-0.05, 0) is 37.0 Å². The van der Waals surface area contributed by atoms with Crippen LogP contribution in [0.3, 0.4) is 0 Å². The first-order chi connectivity index (χ1) is 11.5. The lowest BCUT2D eigenvalue weighted by atomic mass is 9.85. The molecule has 25 heavy (non-hydrogen) atoms. The predicted molar refractivity (Wildman–Crippen MR) is 103 cm³/mol. The molecule has 146 valence electrons. The van der Waals surface area contributed by atoms with Gasteiger partial charge in [0.15, 0.2) is 0 Å². The Morgan fingerprint density at radius 1 is 1.24 bits per heavy atom. The van der Waals surface area contributed by atoms with E-state index in [1.54, 1.807) is 4.90 Å². The van der Waals surface area contributed by atoms with Gasteiger partial charge in [0.05, 0.1) is 6.04 Å². The van der Waals surface area contributed by atoms with Gasteiger partial charge in [-0.1, -0.05) is 54.4 Å². The number of likely N-dealkylation sites (tertiary alicyclic amines) is 1. The Hall–Kier alpha value is -1.10. The van der Waals surface area contributed by atoms with Crippen LogP contribution in [0.1, 0.15) is 74.1 Å². The van der Waals surface area contributed by atoms with Crippen LogP contribution in [-0.4, -0.2) is 41.4 Å². The minimum atomic E-state index is -0.591. The van der Waals surface area contributed by atoms with E-state index >= 15 is 0 Å². The molecule has 5 heteroatoms. The quantitative estimate of drug-likeness (QED) is 0.739. The number of rotatable bonds is 7. The summed E-state index contributed by atoms with van der Waals surface area (Å²) in [6.07, 6.45) is 4.04. The average molecular weight is 354 g/mol. The standard InChI is InChI=1S/C20H39N3O2/c1-8-9-10-14(4)22-18(24)16-15(13(2)3)11-12-23(16)19(25)17(21)20(5,6)7/h13-17H,8-12,21H2,1-7H3,(H,22,24)/t14?,15-,16+,17-/m1/s1. The van der Waals surface area contributed by atoms with Gasteiger partial charge in [-0.3, -0.25) is 9.59 Å². The number of nitrogens with one attached hydrogen (secondary N) is 1. The fourth-order valence-electron chi connectivity index (χ4n) is 3.56. The van der Waals surface area contributed by atoms with Crippen LogP contribution in [0.4, 0.5) is 0 Å². The molecule has 1 heterocycles. The van der Waals surface area contributed by atoms with Crippen molar-refractivity contribution in [2.45, 2.75) is 92.3 Å². The van der Waals surface area contributed by atoms with Crippen LogP contribution < -0.4 is 11.1 Å². The smallest absolute Gasteiger partial charge is 0.243 e. The zero-order valence-electron chi connectivity index (χ0n) is 17.3. The third-order valence-corrected chi connectivity index (χ3v) is 5.43. The molecule has 1 fully saturated rings. The van der Waals surface area contributed by atoms with Gasteiger partial charge >= 0.3 is 0 Å². The minimum absolute atomic E-state index is 0.0192. The van der Waals surface area contributed by atoms with Crippen molar-refractivity contribution in [3.63, 3.8) is 0 Å². The highest BCUT2D eigenvalue weighted by molar-refractivity contribution is 5.91. The fraction of sp³-hybridized carbons (Fsp3) is 0.900. The molecule has 0 bridgehead atoms. The molecule has 0 aromatic heterocycles. The Morgan fingerprint density at radius 2 is 1.84 bits per heavy atom. The lowest BCUT2D eigenvalue weighted by Crippen LogP contribution is -2.57. The molecule has 0 aromatic carbocycles. The summed E-state index contributed by atoms with van der Waals surface area (Å²) in [5.41, 5.74) is 5.89. The first kappa shape index (κ1) is 21.9. The number of amides is 2. The van der Waals surface area contributed by atoms with Crippen molar-refractivity contribution in [1.29, 1.82) is 0 Å². The van der Waals surface area contributed by atoms with Gasteiger partial charge in [0, 0.05) is 12.6 Å². The summed E-state index contributed by atoms with van der Waals surface area (Å²) in [7, 11) is 0. The number of unbranched alkanes of at least 4 members (excludes halogenated alkanes) is 1. The normalized spacial score (nSPS) is 23.6. The van der Waals surface area contributed by atoms with E-state index in [9.17, 15) is 9.59 Å². The lowest BCUT2D eigenvalue weighted by Gasteiger charge is -2.35. The summed E-state index contributed by atoms with van der Waals surface area (Å²) in [5.74, 6) is 0.422. The van der Waals surface area contributed by atoms with Crippen LogP contribution >= 0.6 is 0 Å². The van der Waals surface area contributed by atoms with E-state index in [0.29, 0.717) is 12.5 Å². The van der Waals surface area contributed by atoms with Gasteiger partial charge in [-0.25, -0.2) is 0 Å². The van der Waals surface area contributed by atoms with Crippen molar-refractivity contribution < 1.29 is 9.59 Å². The van der Waals surface area contributed by atoms with E-state index in [2.05, 4.69) is 26.1 Å². The molecular formula is C20H39N3O2. The van der Waals surface area contributed by atoms with E-state index in [-0.39, 0.29) is 29.2 Å². The molecule has 4 atom stereocenters. The van der Waals surface area contributed by atoms with Crippen molar-refractivity contribution in [2.75, 3.05) is 6.54 Å². The largest absolute Gasteiger partial charge is 0.352 e. The zero-order chi connectivity index (χ0) is 19.4. The minimum Gasteiger partial charge on any atom is -0.352 e. The number of hydrogen-bond acceptors (Lipinski definition) is 3. The molecule has 0 aliphatic carbocycles. The molecule has 1 aliphatic heterocycles. The first-order valence-electron chi connectivity index (χ1n) is 9.87. The maximum absolute atomic E-state index is 13.0. The van der Waals surface area contributed by atoms with E-state index in [1.807, 2.05) is 27.7 Å². The topological polar surface area (TPSA) is 75.4 Å². The molecule has 0 saturated carbocycles. The summed E-state index contributed by atoms with van der Waals surface area (Å²) in [6, 6.07) is -0.856. The van der Waals surface area contributed by atoms with Crippen LogP contribution in [0, 0.1) is 17.3 Å². The second-order valence-corrected chi connectivity index (χ2v) is 9.07. The third kappa shape index (κ3) is 5.70. The van der Waals surface area contributed by atoms with Crippen LogP contribution in [0.5, 0.6) is 0 Å². The second-order valence-electron chi connectivity index (χ2n) is 9.07. The highest BCUT2D eigenvalue weighted by Crippen LogP contribution is 2.32. The molecule has 1 unspecified atom stereocenters. The molecule has 0 spiro atoms. The first-order valence-corrected chi connectivity index (χ1v) is 9.87. The van der Waals surface area contributed by atoms with Gasteiger partial charge in [0.2, 0.25) is 11.8 Å². The SMILES string of the molecule is CCCCC(C)NC(=O)[C@@H]1[C@@H](C(C)C)CCN1C(=O)[C@@H](N)C(C)(C)C. The number of hydrogen-bond donors (Lipinski definition) is 2. The number of carbonyl (C=O) groups is 2. The molecule has 1 aliphatic rings. The predicted octanol–water partition coefficient (Wildman–Crippen LogP) is 2.93. The summed E-state index contributed by atoms with van der Waals surface area (Å²) in [6.45, 7) is 15.0. The molecule has 0 aromatic rings. The van der Waals surface area contributed by atoms with Gasteiger partial charge in [0.1, 0.15) is 6.04 Å². The van der Waals surface area contributed by atoms with Crippen LogP contribution in [-0.2, 0) is 9.59 Å². The van der Waals surface area contributed by atoms with Crippen molar-refractivity contribution in [2.24, 2.45) is 23.0 Å². The van der Waals surface area contributed by atoms with E-state index in [0.717, 1.165) is 25.7 Å². The summed E-state index contributed by atoms with van der Waals surface area (Å²) in [5, 5.41) is 3.13. The lowest BCUT2D eigenvalue weighted by molar-refractivity contribution is -0.142. The third-order valence-electron chi connectivity index (χ3n) is 5.43. The van der Waals surface area contributed by atoms with Gasteiger partial charge in [0.25, 0.3) is 0 Å². The molecule has 3 N–H and O–H groups in total. The van der Waals surface area contributed by atoms with Crippen LogP contribution in [0.25, 0.3) is 0 Å². The molecule has 1 saturated heterocycles. The van der Waals surface area contributed by atoms with Gasteiger partial charge < -0.3 is 16.0 Å². The number of nitrogens with zero attached hydrogens (tertiary/aromatic N) is 1.